The van der Waals surface area contributed by atoms with E-state index in [0.717, 1.165) is 28.7 Å². The van der Waals surface area contributed by atoms with E-state index in [1.165, 1.54) is 0 Å². The number of imidazole rings is 1. The summed E-state index contributed by atoms with van der Waals surface area (Å²) in [5.41, 5.74) is 2.20. The minimum Gasteiger partial charge on any atom is -0.337 e. The average molecular weight is 265 g/mol. The van der Waals surface area contributed by atoms with Crippen molar-refractivity contribution >= 4 is 15.9 Å². The summed E-state index contributed by atoms with van der Waals surface area (Å²) in [5, 5.41) is 0. The van der Waals surface area contributed by atoms with Gasteiger partial charge in [-0.3, -0.25) is 0 Å². The van der Waals surface area contributed by atoms with E-state index in [0.29, 0.717) is 0 Å². The lowest BCUT2D eigenvalue weighted by molar-refractivity contribution is 0.678. The van der Waals surface area contributed by atoms with Gasteiger partial charge in [0.05, 0.1) is 12.0 Å². The molecule has 0 saturated carbocycles. The molecule has 0 spiro atoms. The van der Waals surface area contributed by atoms with Crippen LogP contribution in [0.3, 0.4) is 0 Å². The van der Waals surface area contributed by atoms with Crippen LogP contribution in [0, 0.1) is 0 Å². The van der Waals surface area contributed by atoms with E-state index in [1.807, 2.05) is 18.5 Å². The third kappa shape index (κ3) is 2.48. The third-order valence-electron chi connectivity index (χ3n) is 2.26. The lowest BCUT2D eigenvalue weighted by Crippen LogP contribution is -1.90. The van der Waals surface area contributed by atoms with Crippen molar-refractivity contribution in [1.82, 2.24) is 9.55 Å². The molecule has 0 aliphatic carbocycles. The van der Waals surface area contributed by atoms with Gasteiger partial charge in [-0.25, -0.2) is 4.98 Å². The van der Waals surface area contributed by atoms with Crippen LogP contribution in [0.25, 0.3) is 11.3 Å². The van der Waals surface area contributed by atoms with Crippen molar-refractivity contribution in [2.24, 2.45) is 0 Å². The lowest BCUT2D eigenvalue weighted by Gasteiger charge is -1.97. The van der Waals surface area contributed by atoms with Gasteiger partial charge in [-0.15, -0.1) is 0 Å². The summed E-state index contributed by atoms with van der Waals surface area (Å²) < 4.78 is 3.22. The number of hydrogen-bond acceptors (Lipinski definition) is 1. The zero-order valence-electron chi connectivity index (χ0n) is 8.65. The summed E-state index contributed by atoms with van der Waals surface area (Å²) >= 11 is 3.42. The highest BCUT2D eigenvalue weighted by Gasteiger charge is 2.01. The molecule has 3 heteroatoms. The fraction of sp³-hybridized carbons (Fsp3) is 0.250. The fourth-order valence-corrected chi connectivity index (χ4v) is 1.77. The van der Waals surface area contributed by atoms with E-state index in [1.54, 1.807) is 0 Å². The maximum atomic E-state index is 4.38. The number of hydrogen-bond donors (Lipinski definition) is 0. The largest absolute Gasteiger partial charge is 0.337 e. The Morgan fingerprint density at radius 2 is 2.00 bits per heavy atom. The summed E-state index contributed by atoms with van der Waals surface area (Å²) in [7, 11) is 0. The summed E-state index contributed by atoms with van der Waals surface area (Å²) in [6.07, 6.45) is 5.11. The fourth-order valence-electron chi connectivity index (χ4n) is 1.51. The first kappa shape index (κ1) is 10.4. The molecule has 0 saturated heterocycles. The predicted octanol–water partition coefficient (Wildman–Crippen LogP) is 3.72. The van der Waals surface area contributed by atoms with Gasteiger partial charge < -0.3 is 4.57 Å². The minimum absolute atomic E-state index is 1.03. The van der Waals surface area contributed by atoms with Crippen LogP contribution in [-0.4, -0.2) is 9.55 Å². The number of benzene rings is 1. The Balaban J connectivity index is 2.25. The molecule has 0 bridgehead atoms. The van der Waals surface area contributed by atoms with E-state index >= 15 is 0 Å². The van der Waals surface area contributed by atoms with Crippen molar-refractivity contribution < 1.29 is 0 Å². The second-order valence-electron chi connectivity index (χ2n) is 3.50. The predicted molar refractivity (Wildman–Crippen MR) is 65.7 cm³/mol. The minimum atomic E-state index is 1.03. The molecule has 0 fully saturated rings. The Morgan fingerprint density at radius 1 is 1.27 bits per heavy atom. The van der Waals surface area contributed by atoms with Crippen LogP contribution in [0.2, 0.25) is 0 Å². The normalized spacial score (nSPS) is 10.5. The molecule has 0 radical (unpaired) electrons. The van der Waals surface area contributed by atoms with Crippen molar-refractivity contribution in [2.45, 2.75) is 19.9 Å². The molecule has 78 valence electrons. The molecule has 2 rings (SSSR count). The van der Waals surface area contributed by atoms with Gasteiger partial charge in [0, 0.05) is 22.8 Å². The van der Waals surface area contributed by atoms with E-state index in [9.17, 15) is 0 Å². The Hall–Kier alpha value is -1.09. The summed E-state index contributed by atoms with van der Waals surface area (Å²) in [4.78, 5) is 4.38. The van der Waals surface area contributed by atoms with Gasteiger partial charge in [0.1, 0.15) is 0 Å². The quantitative estimate of drug-likeness (QED) is 0.826. The maximum Gasteiger partial charge on any atom is 0.0953 e. The van der Waals surface area contributed by atoms with Gasteiger partial charge in [-0.1, -0.05) is 35.0 Å². The molecule has 1 aromatic carbocycles. The first-order valence-corrected chi connectivity index (χ1v) is 5.86. The van der Waals surface area contributed by atoms with Gasteiger partial charge in [0.15, 0.2) is 0 Å². The first-order chi connectivity index (χ1) is 7.29. The molecule has 1 aromatic heterocycles. The van der Waals surface area contributed by atoms with Crippen LogP contribution in [0.4, 0.5) is 0 Å². The molecule has 0 N–H and O–H groups in total. The molecule has 0 atom stereocenters. The van der Waals surface area contributed by atoms with E-state index in [2.05, 4.69) is 50.7 Å². The topological polar surface area (TPSA) is 17.8 Å². The molecule has 0 aliphatic rings. The van der Waals surface area contributed by atoms with Crippen LogP contribution in [0.15, 0.2) is 41.3 Å². The SMILES string of the molecule is CCCn1cnc(-c2ccc(Br)cc2)c1. The van der Waals surface area contributed by atoms with Gasteiger partial charge in [0.25, 0.3) is 0 Å². The number of rotatable bonds is 3. The summed E-state index contributed by atoms with van der Waals surface area (Å²) in [6.45, 7) is 3.20. The number of aryl methyl sites for hydroxylation is 1. The standard InChI is InChI=1S/C12H13BrN2/c1-2-7-15-8-12(14-9-15)10-3-5-11(13)6-4-10/h3-6,8-9H,2,7H2,1H3. The maximum absolute atomic E-state index is 4.38. The molecule has 0 unspecified atom stereocenters. The van der Waals surface area contributed by atoms with Gasteiger partial charge in [0.2, 0.25) is 0 Å². The second kappa shape index (κ2) is 4.62. The Morgan fingerprint density at radius 3 is 2.67 bits per heavy atom. The van der Waals surface area contributed by atoms with Crippen molar-refractivity contribution in [1.29, 1.82) is 0 Å². The van der Waals surface area contributed by atoms with Crippen molar-refractivity contribution in [3.8, 4) is 11.3 Å². The van der Waals surface area contributed by atoms with Crippen LogP contribution in [0.1, 0.15) is 13.3 Å². The second-order valence-corrected chi connectivity index (χ2v) is 4.42. The van der Waals surface area contributed by atoms with E-state index in [-0.39, 0.29) is 0 Å². The molecule has 0 aliphatic heterocycles. The van der Waals surface area contributed by atoms with E-state index < -0.39 is 0 Å². The molecular weight excluding hydrogens is 252 g/mol. The Bertz CT molecular complexity index is 431. The van der Waals surface area contributed by atoms with Gasteiger partial charge in [-0.05, 0) is 18.6 Å². The Labute approximate surface area is 98.1 Å². The van der Waals surface area contributed by atoms with Crippen molar-refractivity contribution in [3.05, 3.63) is 41.3 Å². The molecule has 0 amide bonds. The van der Waals surface area contributed by atoms with Crippen molar-refractivity contribution in [3.63, 3.8) is 0 Å². The van der Waals surface area contributed by atoms with Crippen molar-refractivity contribution in [2.75, 3.05) is 0 Å². The van der Waals surface area contributed by atoms with Crippen LogP contribution >= 0.6 is 15.9 Å². The average Bonchev–Trinajstić information content (AvgIpc) is 2.68. The Kier molecular flexibility index (Phi) is 3.21. The highest BCUT2D eigenvalue weighted by Crippen LogP contribution is 2.19. The smallest absolute Gasteiger partial charge is 0.0953 e. The molecule has 2 nitrogen and oxygen atoms in total. The molecule has 15 heavy (non-hydrogen) atoms. The first-order valence-electron chi connectivity index (χ1n) is 5.07. The zero-order chi connectivity index (χ0) is 10.7. The van der Waals surface area contributed by atoms with Gasteiger partial charge in [-0.2, -0.15) is 0 Å². The number of nitrogens with zero attached hydrogens (tertiary/aromatic N) is 2. The summed E-state index contributed by atoms with van der Waals surface area (Å²) in [5.74, 6) is 0. The number of halogens is 1. The van der Waals surface area contributed by atoms with Crippen LogP contribution in [-0.2, 0) is 6.54 Å². The highest BCUT2D eigenvalue weighted by molar-refractivity contribution is 9.10. The number of aromatic nitrogens is 2. The van der Waals surface area contributed by atoms with Crippen LogP contribution in [0.5, 0.6) is 0 Å². The molecular formula is C12H13BrN2. The third-order valence-corrected chi connectivity index (χ3v) is 2.78. The highest BCUT2D eigenvalue weighted by atomic mass is 79.9. The van der Waals surface area contributed by atoms with Crippen LogP contribution < -0.4 is 0 Å². The molecule has 1 heterocycles. The summed E-state index contributed by atoms with van der Waals surface area (Å²) in [6, 6.07) is 8.22. The lowest BCUT2D eigenvalue weighted by atomic mass is 10.2. The monoisotopic (exact) mass is 264 g/mol. The zero-order valence-corrected chi connectivity index (χ0v) is 10.2. The molecule has 2 aromatic rings. The van der Waals surface area contributed by atoms with E-state index in [4.69, 9.17) is 0 Å². The van der Waals surface area contributed by atoms with Gasteiger partial charge >= 0.3 is 0 Å².